The molecule has 0 aromatic heterocycles. The summed E-state index contributed by atoms with van der Waals surface area (Å²) in [4.78, 5) is 11.6. The molecule has 0 spiro atoms. The summed E-state index contributed by atoms with van der Waals surface area (Å²) < 4.78 is 16.0. The Labute approximate surface area is 116 Å². The van der Waals surface area contributed by atoms with Crippen LogP contribution < -0.4 is 11.1 Å². The van der Waals surface area contributed by atoms with Gasteiger partial charge < -0.3 is 15.8 Å². The van der Waals surface area contributed by atoms with E-state index in [1.807, 2.05) is 6.92 Å². The SMILES string of the molecule is COC(=O)c1cccc(N)c1NCCC(C)S(C)=O. The molecule has 1 aromatic rings. The monoisotopic (exact) mass is 284 g/mol. The number of hydrogen-bond donors (Lipinski definition) is 2. The van der Waals surface area contributed by atoms with Crippen molar-refractivity contribution in [3.8, 4) is 0 Å². The summed E-state index contributed by atoms with van der Waals surface area (Å²) in [7, 11) is 0.479. The lowest BCUT2D eigenvalue weighted by molar-refractivity contribution is 0.0602. The smallest absolute Gasteiger partial charge is 0.340 e. The highest BCUT2D eigenvalue weighted by molar-refractivity contribution is 7.84. The molecular weight excluding hydrogens is 264 g/mol. The Balaban J connectivity index is 2.77. The molecule has 19 heavy (non-hydrogen) atoms. The van der Waals surface area contributed by atoms with Gasteiger partial charge in [0.1, 0.15) is 0 Å². The number of carbonyl (C=O) groups is 1. The maximum absolute atomic E-state index is 11.6. The van der Waals surface area contributed by atoms with E-state index in [-0.39, 0.29) is 5.25 Å². The van der Waals surface area contributed by atoms with Crippen molar-refractivity contribution in [2.75, 3.05) is 31.0 Å². The molecule has 2 atom stereocenters. The number of ether oxygens (including phenoxy) is 1. The van der Waals surface area contributed by atoms with Crippen molar-refractivity contribution in [1.82, 2.24) is 0 Å². The number of nitrogens with two attached hydrogens (primary N) is 1. The second-order valence-corrected chi connectivity index (χ2v) is 6.09. The van der Waals surface area contributed by atoms with Crippen LogP contribution in [-0.2, 0) is 15.5 Å². The molecule has 0 amide bonds. The fourth-order valence-electron chi connectivity index (χ4n) is 1.61. The standard InChI is InChI=1S/C13H20N2O3S/c1-9(19(3)17)7-8-15-12-10(13(16)18-2)5-4-6-11(12)14/h4-6,9,15H,7-8,14H2,1-3H3. The average molecular weight is 284 g/mol. The van der Waals surface area contributed by atoms with Crippen LogP contribution in [0.1, 0.15) is 23.7 Å². The number of nitrogen functional groups attached to an aromatic ring is 1. The number of benzene rings is 1. The Morgan fingerprint density at radius 2 is 2.21 bits per heavy atom. The molecule has 1 aromatic carbocycles. The van der Waals surface area contributed by atoms with Gasteiger partial charge in [-0.3, -0.25) is 4.21 Å². The molecule has 106 valence electrons. The molecule has 0 saturated heterocycles. The van der Waals surface area contributed by atoms with E-state index < -0.39 is 16.8 Å². The third-order valence-corrected chi connectivity index (χ3v) is 4.29. The van der Waals surface area contributed by atoms with Crippen LogP contribution in [0.4, 0.5) is 11.4 Å². The van der Waals surface area contributed by atoms with E-state index in [0.29, 0.717) is 23.5 Å². The van der Waals surface area contributed by atoms with Crippen LogP contribution in [-0.4, -0.2) is 35.3 Å². The van der Waals surface area contributed by atoms with Crippen LogP contribution in [0.5, 0.6) is 0 Å². The minimum absolute atomic E-state index is 0.0963. The van der Waals surface area contributed by atoms with Gasteiger partial charge in [-0.25, -0.2) is 4.79 Å². The van der Waals surface area contributed by atoms with E-state index in [9.17, 15) is 9.00 Å². The fourth-order valence-corrected chi connectivity index (χ4v) is 2.06. The zero-order valence-electron chi connectivity index (χ0n) is 11.4. The number of rotatable bonds is 6. The van der Waals surface area contributed by atoms with Crippen molar-refractivity contribution < 1.29 is 13.7 Å². The Hall–Kier alpha value is -1.56. The first-order valence-corrected chi connectivity index (χ1v) is 7.62. The van der Waals surface area contributed by atoms with Gasteiger partial charge in [0.2, 0.25) is 0 Å². The Morgan fingerprint density at radius 3 is 2.79 bits per heavy atom. The largest absolute Gasteiger partial charge is 0.465 e. The van der Waals surface area contributed by atoms with Gasteiger partial charge in [-0.15, -0.1) is 0 Å². The maximum atomic E-state index is 11.6. The second-order valence-electron chi connectivity index (χ2n) is 4.29. The minimum atomic E-state index is -0.852. The Kier molecular flexibility index (Phi) is 5.82. The predicted octanol–water partition coefficient (Wildman–Crippen LogP) is 1.62. The molecule has 0 aliphatic heterocycles. The van der Waals surface area contributed by atoms with E-state index in [1.54, 1.807) is 24.5 Å². The molecule has 2 unspecified atom stereocenters. The zero-order chi connectivity index (χ0) is 14.4. The van der Waals surface area contributed by atoms with Gasteiger partial charge in [-0.05, 0) is 18.6 Å². The molecule has 0 aliphatic carbocycles. The summed E-state index contributed by atoms with van der Waals surface area (Å²) in [6, 6.07) is 5.08. The van der Waals surface area contributed by atoms with Gasteiger partial charge in [0.15, 0.2) is 0 Å². The summed E-state index contributed by atoms with van der Waals surface area (Å²) >= 11 is 0. The van der Waals surface area contributed by atoms with Gasteiger partial charge in [-0.2, -0.15) is 0 Å². The molecule has 0 saturated carbocycles. The van der Waals surface area contributed by atoms with Gasteiger partial charge >= 0.3 is 5.97 Å². The third-order valence-electron chi connectivity index (χ3n) is 2.92. The van der Waals surface area contributed by atoms with Crippen LogP contribution in [0.2, 0.25) is 0 Å². The number of hydrogen-bond acceptors (Lipinski definition) is 5. The number of anilines is 2. The number of para-hydroxylation sites is 1. The number of nitrogens with one attached hydrogen (secondary N) is 1. The molecule has 3 N–H and O–H groups in total. The highest BCUT2D eigenvalue weighted by atomic mass is 32.2. The van der Waals surface area contributed by atoms with Crippen molar-refractivity contribution in [1.29, 1.82) is 0 Å². The summed E-state index contributed by atoms with van der Waals surface area (Å²) in [6.45, 7) is 2.52. The van der Waals surface area contributed by atoms with Gasteiger partial charge in [-0.1, -0.05) is 13.0 Å². The first-order chi connectivity index (χ1) is 8.97. The first-order valence-electron chi connectivity index (χ1n) is 6.00. The van der Waals surface area contributed by atoms with Crippen LogP contribution in [0.3, 0.4) is 0 Å². The molecule has 6 heteroatoms. The lowest BCUT2D eigenvalue weighted by Gasteiger charge is -2.14. The topological polar surface area (TPSA) is 81.4 Å². The Bertz CT molecular complexity index is 477. The van der Waals surface area contributed by atoms with Crippen molar-refractivity contribution in [2.24, 2.45) is 0 Å². The van der Waals surface area contributed by atoms with Crippen molar-refractivity contribution >= 4 is 28.1 Å². The molecule has 0 heterocycles. The van der Waals surface area contributed by atoms with Crippen LogP contribution in [0, 0.1) is 0 Å². The van der Waals surface area contributed by atoms with Gasteiger partial charge in [0, 0.05) is 28.9 Å². The van der Waals surface area contributed by atoms with Crippen LogP contribution >= 0.6 is 0 Å². The first kappa shape index (κ1) is 15.5. The molecule has 0 radical (unpaired) electrons. The predicted molar refractivity (Wildman–Crippen MR) is 78.8 cm³/mol. The minimum Gasteiger partial charge on any atom is -0.465 e. The lowest BCUT2D eigenvalue weighted by Crippen LogP contribution is -2.17. The van der Waals surface area contributed by atoms with E-state index >= 15 is 0 Å². The van der Waals surface area contributed by atoms with Crippen molar-refractivity contribution in [3.05, 3.63) is 23.8 Å². The quantitative estimate of drug-likeness (QED) is 0.613. The summed E-state index contributed by atoms with van der Waals surface area (Å²) in [5, 5.41) is 3.22. The van der Waals surface area contributed by atoms with E-state index in [4.69, 9.17) is 10.5 Å². The summed E-state index contributed by atoms with van der Waals surface area (Å²) in [5.74, 6) is -0.429. The van der Waals surface area contributed by atoms with E-state index in [2.05, 4.69) is 5.32 Å². The highest BCUT2D eigenvalue weighted by Gasteiger charge is 2.14. The lowest BCUT2D eigenvalue weighted by atomic mass is 10.1. The highest BCUT2D eigenvalue weighted by Crippen LogP contribution is 2.24. The second kappa shape index (κ2) is 7.13. The van der Waals surface area contributed by atoms with Crippen LogP contribution in [0.15, 0.2) is 18.2 Å². The molecule has 0 fully saturated rings. The summed E-state index contributed by atoms with van der Waals surface area (Å²) in [6.07, 6.45) is 2.42. The number of esters is 1. The fraction of sp³-hybridized carbons (Fsp3) is 0.462. The van der Waals surface area contributed by atoms with Crippen molar-refractivity contribution in [3.63, 3.8) is 0 Å². The van der Waals surface area contributed by atoms with E-state index in [1.165, 1.54) is 7.11 Å². The van der Waals surface area contributed by atoms with Gasteiger partial charge in [0.05, 0.1) is 24.0 Å². The third kappa shape index (κ3) is 4.24. The number of methoxy groups -OCH3 is 1. The molecule has 0 bridgehead atoms. The number of carbonyl (C=O) groups excluding carboxylic acids is 1. The van der Waals surface area contributed by atoms with Gasteiger partial charge in [0.25, 0.3) is 0 Å². The molecular formula is C13H20N2O3S. The average Bonchev–Trinajstić information content (AvgIpc) is 2.39. The normalized spacial score (nSPS) is 13.6. The van der Waals surface area contributed by atoms with E-state index in [0.717, 1.165) is 6.42 Å². The molecule has 0 aliphatic rings. The summed E-state index contributed by atoms with van der Waals surface area (Å²) in [5.41, 5.74) is 7.34. The molecule has 1 rings (SSSR count). The Morgan fingerprint density at radius 1 is 1.53 bits per heavy atom. The molecule has 5 nitrogen and oxygen atoms in total. The zero-order valence-corrected chi connectivity index (χ0v) is 12.3. The van der Waals surface area contributed by atoms with Crippen molar-refractivity contribution in [2.45, 2.75) is 18.6 Å². The van der Waals surface area contributed by atoms with Crippen LogP contribution in [0.25, 0.3) is 0 Å². The maximum Gasteiger partial charge on any atom is 0.340 e.